The quantitative estimate of drug-likeness (QED) is 0.630. The van der Waals surface area contributed by atoms with Crippen molar-refractivity contribution in [2.75, 3.05) is 5.32 Å². The zero-order valence-electron chi connectivity index (χ0n) is 14.4. The molecule has 0 fully saturated rings. The van der Waals surface area contributed by atoms with E-state index in [1.165, 1.54) is 11.3 Å². The van der Waals surface area contributed by atoms with Gasteiger partial charge in [0, 0.05) is 5.38 Å². The number of hydrogen-bond donors (Lipinski definition) is 1. The summed E-state index contributed by atoms with van der Waals surface area (Å²) in [6.45, 7) is 5.96. The fourth-order valence-corrected chi connectivity index (χ4v) is 3.86. The second kappa shape index (κ2) is 7.80. The molecule has 0 saturated carbocycles. The molecule has 0 aliphatic carbocycles. The number of amides is 1. The number of carbonyl (C=O) groups excluding carboxylic acids is 1. The Morgan fingerprint density at radius 1 is 1.12 bits per heavy atom. The predicted octanol–water partition coefficient (Wildman–Crippen LogP) is 5.40. The zero-order valence-corrected chi connectivity index (χ0v) is 16.0. The summed E-state index contributed by atoms with van der Waals surface area (Å²) in [4.78, 5) is 18.0. The van der Waals surface area contributed by atoms with E-state index in [9.17, 15) is 4.79 Å². The second-order valence-electron chi connectivity index (χ2n) is 5.96. The number of anilines is 1. The highest BCUT2D eigenvalue weighted by molar-refractivity contribution is 7.16. The Morgan fingerprint density at radius 2 is 1.92 bits per heavy atom. The van der Waals surface area contributed by atoms with Gasteiger partial charge in [-0.05, 0) is 35.9 Å². The molecule has 0 aliphatic rings. The number of ether oxygens (including phenoxy) is 1. The highest BCUT2D eigenvalue weighted by Crippen LogP contribution is 2.29. The lowest BCUT2D eigenvalue weighted by Crippen LogP contribution is -2.30. The first-order chi connectivity index (χ1) is 12.0. The average Bonchev–Trinajstić information content (AvgIpc) is 3.26. The fraction of sp³-hybridized carbons (Fsp3) is 0.263. The van der Waals surface area contributed by atoms with E-state index in [-0.39, 0.29) is 5.91 Å². The summed E-state index contributed by atoms with van der Waals surface area (Å²) in [5.74, 6) is 0.878. The molecule has 1 atom stereocenters. The van der Waals surface area contributed by atoms with E-state index in [0.717, 1.165) is 21.9 Å². The van der Waals surface area contributed by atoms with Gasteiger partial charge in [-0.25, -0.2) is 4.98 Å². The van der Waals surface area contributed by atoms with Gasteiger partial charge >= 0.3 is 0 Å². The van der Waals surface area contributed by atoms with Crippen LogP contribution in [0.15, 0.2) is 47.2 Å². The van der Waals surface area contributed by atoms with Gasteiger partial charge in [0.05, 0.1) is 10.6 Å². The Balaban J connectivity index is 1.65. The van der Waals surface area contributed by atoms with E-state index >= 15 is 0 Å². The van der Waals surface area contributed by atoms with Crippen LogP contribution in [0.5, 0.6) is 5.75 Å². The van der Waals surface area contributed by atoms with Crippen molar-refractivity contribution in [1.29, 1.82) is 0 Å². The van der Waals surface area contributed by atoms with Crippen molar-refractivity contribution < 1.29 is 9.53 Å². The molecule has 25 heavy (non-hydrogen) atoms. The van der Waals surface area contributed by atoms with Crippen molar-refractivity contribution >= 4 is 33.7 Å². The Labute approximate surface area is 155 Å². The number of nitrogens with one attached hydrogen (secondary N) is 1. The SMILES string of the molecule is CC(Oc1ccccc1C(C)C)C(=O)Nc1nc(-c2cccs2)cs1. The van der Waals surface area contributed by atoms with Crippen molar-refractivity contribution in [2.24, 2.45) is 0 Å². The van der Waals surface area contributed by atoms with E-state index in [1.807, 2.05) is 47.2 Å². The van der Waals surface area contributed by atoms with E-state index in [4.69, 9.17) is 4.74 Å². The second-order valence-corrected chi connectivity index (χ2v) is 7.76. The molecule has 6 heteroatoms. The van der Waals surface area contributed by atoms with Gasteiger partial charge in [0.25, 0.3) is 5.91 Å². The van der Waals surface area contributed by atoms with Gasteiger partial charge in [0.15, 0.2) is 11.2 Å². The standard InChI is InChI=1S/C19H20N2O2S2/c1-12(2)14-7-4-5-8-16(14)23-13(3)18(22)21-19-20-15(11-25-19)17-9-6-10-24-17/h4-13H,1-3H3,(H,20,21,22). The lowest BCUT2D eigenvalue weighted by molar-refractivity contribution is -0.122. The fourth-order valence-electron chi connectivity index (χ4n) is 2.38. The van der Waals surface area contributed by atoms with Gasteiger partial charge in [-0.2, -0.15) is 0 Å². The van der Waals surface area contributed by atoms with Crippen LogP contribution in [0.1, 0.15) is 32.3 Å². The van der Waals surface area contributed by atoms with E-state index < -0.39 is 6.10 Å². The van der Waals surface area contributed by atoms with Crippen LogP contribution in [0.25, 0.3) is 10.6 Å². The summed E-state index contributed by atoms with van der Waals surface area (Å²) < 4.78 is 5.89. The molecule has 0 saturated heterocycles. The highest BCUT2D eigenvalue weighted by Gasteiger charge is 2.18. The lowest BCUT2D eigenvalue weighted by Gasteiger charge is -2.18. The number of rotatable bonds is 6. The molecule has 2 aromatic heterocycles. The number of carbonyl (C=O) groups is 1. The van der Waals surface area contributed by atoms with E-state index in [1.54, 1.807) is 18.3 Å². The average molecular weight is 373 g/mol. The largest absolute Gasteiger partial charge is 0.481 e. The molecule has 130 valence electrons. The monoisotopic (exact) mass is 372 g/mol. The van der Waals surface area contributed by atoms with Gasteiger partial charge in [0.2, 0.25) is 0 Å². The van der Waals surface area contributed by atoms with Crippen LogP contribution in [-0.4, -0.2) is 17.0 Å². The molecule has 2 heterocycles. The Kier molecular flexibility index (Phi) is 5.50. The topological polar surface area (TPSA) is 51.2 Å². The summed E-state index contributed by atoms with van der Waals surface area (Å²) in [5.41, 5.74) is 1.98. The van der Waals surface area contributed by atoms with Crippen LogP contribution in [0.4, 0.5) is 5.13 Å². The van der Waals surface area contributed by atoms with Gasteiger partial charge in [0.1, 0.15) is 5.75 Å². The molecular weight excluding hydrogens is 352 g/mol. The maximum absolute atomic E-state index is 12.4. The maximum atomic E-state index is 12.4. The molecule has 1 amide bonds. The highest BCUT2D eigenvalue weighted by atomic mass is 32.1. The zero-order chi connectivity index (χ0) is 17.8. The van der Waals surface area contributed by atoms with Crippen LogP contribution in [0, 0.1) is 0 Å². The molecular formula is C19H20N2O2S2. The summed E-state index contributed by atoms with van der Waals surface area (Å²) in [6.07, 6.45) is -0.603. The number of thiazole rings is 1. The number of nitrogens with zero attached hydrogens (tertiary/aromatic N) is 1. The molecule has 3 aromatic rings. The summed E-state index contributed by atoms with van der Waals surface area (Å²) in [7, 11) is 0. The number of aromatic nitrogens is 1. The number of para-hydroxylation sites is 1. The molecule has 0 radical (unpaired) electrons. The first kappa shape index (κ1) is 17.6. The van der Waals surface area contributed by atoms with Crippen LogP contribution >= 0.6 is 22.7 Å². The Hall–Kier alpha value is -2.18. The van der Waals surface area contributed by atoms with Crippen LogP contribution in [0.2, 0.25) is 0 Å². The summed E-state index contributed by atoms with van der Waals surface area (Å²) >= 11 is 3.04. The Morgan fingerprint density at radius 3 is 2.64 bits per heavy atom. The minimum atomic E-state index is -0.603. The molecule has 0 bridgehead atoms. The first-order valence-corrected chi connectivity index (χ1v) is 9.86. The van der Waals surface area contributed by atoms with Crippen LogP contribution in [0.3, 0.4) is 0 Å². The number of hydrogen-bond acceptors (Lipinski definition) is 5. The smallest absolute Gasteiger partial charge is 0.266 e. The normalized spacial score (nSPS) is 12.2. The van der Waals surface area contributed by atoms with Crippen LogP contribution < -0.4 is 10.1 Å². The summed E-state index contributed by atoms with van der Waals surface area (Å²) in [6, 6.07) is 11.8. The molecule has 0 aliphatic heterocycles. The van der Waals surface area contributed by atoms with Gasteiger partial charge < -0.3 is 4.74 Å². The first-order valence-electron chi connectivity index (χ1n) is 8.10. The molecule has 1 N–H and O–H groups in total. The van der Waals surface area contributed by atoms with E-state index in [0.29, 0.717) is 11.0 Å². The van der Waals surface area contributed by atoms with Gasteiger partial charge in [-0.3, -0.25) is 10.1 Å². The molecule has 1 aromatic carbocycles. The molecule has 4 nitrogen and oxygen atoms in total. The van der Waals surface area contributed by atoms with Crippen molar-refractivity contribution in [3.63, 3.8) is 0 Å². The van der Waals surface area contributed by atoms with E-state index in [2.05, 4.69) is 24.1 Å². The lowest BCUT2D eigenvalue weighted by atomic mass is 10.0. The third kappa shape index (κ3) is 4.27. The third-order valence-corrected chi connectivity index (χ3v) is 5.37. The van der Waals surface area contributed by atoms with Crippen molar-refractivity contribution in [1.82, 2.24) is 4.98 Å². The predicted molar refractivity (Wildman–Crippen MR) is 105 cm³/mol. The number of benzene rings is 1. The minimum Gasteiger partial charge on any atom is -0.481 e. The Bertz CT molecular complexity index is 841. The van der Waals surface area contributed by atoms with Crippen molar-refractivity contribution in [3.8, 4) is 16.3 Å². The molecule has 1 unspecified atom stereocenters. The van der Waals surface area contributed by atoms with Gasteiger partial charge in [-0.15, -0.1) is 22.7 Å². The van der Waals surface area contributed by atoms with Crippen LogP contribution in [-0.2, 0) is 4.79 Å². The minimum absolute atomic E-state index is 0.203. The van der Waals surface area contributed by atoms with Gasteiger partial charge in [-0.1, -0.05) is 38.1 Å². The van der Waals surface area contributed by atoms with Crippen molar-refractivity contribution in [3.05, 3.63) is 52.7 Å². The number of thiophene rings is 1. The molecule has 3 rings (SSSR count). The van der Waals surface area contributed by atoms with Crippen molar-refractivity contribution in [2.45, 2.75) is 32.8 Å². The molecule has 0 spiro atoms. The maximum Gasteiger partial charge on any atom is 0.266 e. The summed E-state index contributed by atoms with van der Waals surface area (Å²) in [5, 5.41) is 7.38. The third-order valence-electron chi connectivity index (χ3n) is 3.72.